The Bertz CT molecular complexity index is 612. The van der Waals surface area contributed by atoms with E-state index in [0.29, 0.717) is 4.88 Å². The Labute approximate surface area is 121 Å². The van der Waals surface area contributed by atoms with Gasteiger partial charge in [-0.1, -0.05) is 6.07 Å². The maximum absolute atomic E-state index is 12.8. The lowest BCUT2D eigenvalue weighted by atomic mass is 10.3. The molecule has 2 aromatic rings. The molecule has 104 valence electrons. The molecule has 0 aliphatic heterocycles. The van der Waals surface area contributed by atoms with Gasteiger partial charge in [-0.25, -0.2) is 12.8 Å². The number of thiophene rings is 1. The molecule has 3 nitrogen and oxygen atoms in total. The zero-order chi connectivity index (χ0) is 13.2. The molecule has 2 rings (SSSR count). The zero-order valence-corrected chi connectivity index (χ0v) is 12.3. The fourth-order valence-electron chi connectivity index (χ4n) is 1.66. The SMILES string of the molecule is Cl.NCC(c1cccs1)S(=O)(=O)c1ccc(F)cc1. The highest BCUT2D eigenvalue weighted by atomic mass is 35.5. The smallest absolute Gasteiger partial charge is 0.187 e. The van der Waals surface area contributed by atoms with Gasteiger partial charge in [0.05, 0.1) is 4.90 Å². The van der Waals surface area contributed by atoms with E-state index in [2.05, 4.69) is 0 Å². The highest BCUT2D eigenvalue weighted by Crippen LogP contribution is 2.30. The van der Waals surface area contributed by atoms with E-state index in [-0.39, 0.29) is 23.8 Å². The second-order valence-corrected chi connectivity index (χ2v) is 6.85. The number of sulfone groups is 1. The summed E-state index contributed by atoms with van der Waals surface area (Å²) in [5, 5.41) is 1.03. The number of nitrogens with two attached hydrogens (primary N) is 1. The van der Waals surface area contributed by atoms with Crippen LogP contribution in [0.25, 0.3) is 0 Å². The lowest BCUT2D eigenvalue weighted by Crippen LogP contribution is -2.21. The molecule has 0 aliphatic carbocycles. The first-order valence-corrected chi connectivity index (χ1v) is 7.71. The molecule has 0 radical (unpaired) electrons. The first kappa shape index (κ1) is 16.1. The van der Waals surface area contributed by atoms with Gasteiger partial charge in [0.2, 0.25) is 0 Å². The molecule has 0 fully saturated rings. The molecule has 0 saturated carbocycles. The molecule has 0 aliphatic rings. The van der Waals surface area contributed by atoms with Crippen LogP contribution in [-0.4, -0.2) is 15.0 Å². The summed E-state index contributed by atoms with van der Waals surface area (Å²) in [5.41, 5.74) is 5.57. The third-order valence-corrected chi connectivity index (χ3v) is 5.85. The molecule has 19 heavy (non-hydrogen) atoms. The number of hydrogen-bond donors (Lipinski definition) is 1. The fourth-order valence-corrected chi connectivity index (χ4v) is 4.41. The van der Waals surface area contributed by atoms with Crippen molar-refractivity contribution in [1.82, 2.24) is 0 Å². The Morgan fingerprint density at radius 2 is 1.84 bits per heavy atom. The maximum Gasteiger partial charge on any atom is 0.187 e. The Morgan fingerprint density at radius 3 is 2.32 bits per heavy atom. The van der Waals surface area contributed by atoms with Crippen LogP contribution in [0.1, 0.15) is 10.1 Å². The van der Waals surface area contributed by atoms with Crippen molar-refractivity contribution in [3.63, 3.8) is 0 Å². The number of benzene rings is 1. The third-order valence-electron chi connectivity index (χ3n) is 2.59. The molecule has 0 saturated heterocycles. The molecule has 1 heterocycles. The van der Waals surface area contributed by atoms with Crippen molar-refractivity contribution in [1.29, 1.82) is 0 Å². The molecule has 1 aromatic heterocycles. The van der Waals surface area contributed by atoms with Crippen LogP contribution in [-0.2, 0) is 9.84 Å². The molecule has 7 heteroatoms. The van der Waals surface area contributed by atoms with Gasteiger partial charge in [0.25, 0.3) is 0 Å². The Morgan fingerprint density at radius 1 is 1.21 bits per heavy atom. The largest absolute Gasteiger partial charge is 0.329 e. The monoisotopic (exact) mass is 321 g/mol. The van der Waals surface area contributed by atoms with Gasteiger partial charge in [-0.15, -0.1) is 23.7 Å². The number of hydrogen-bond acceptors (Lipinski definition) is 4. The van der Waals surface area contributed by atoms with E-state index in [9.17, 15) is 12.8 Å². The molecule has 0 spiro atoms. The van der Waals surface area contributed by atoms with Crippen LogP contribution in [0, 0.1) is 5.82 Å². The van der Waals surface area contributed by atoms with Crippen molar-refractivity contribution in [3.05, 3.63) is 52.5 Å². The van der Waals surface area contributed by atoms with Crippen molar-refractivity contribution >= 4 is 33.6 Å². The molecule has 1 atom stereocenters. The van der Waals surface area contributed by atoms with Crippen molar-refractivity contribution in [2.24, 2.45) is 5.73 Å². The van der Waals surface area contributed by atoms with Crippen LogP contribution < -0.4 is 5.73 Å². The zero-order valence-electron chi connectivity index (χ0n) is 9.82. The highest BCUT2D eigenvalue weighted by molar-refractivity contribution is 7.91. The average Bonchev–Trinajstić information content (AvgIpc) is 2.84. The van der Waals surface area contributed by atoms with Gasteiger partial charge in [-0.2, -0.15) is 0 Å². The minimum atomic E-state index is -3.57. The number of rotatable bonds is 4. The maximum atomic E-state index is 12.8. The van der Waals surface area contributed by atoms with E-state index >= 15 is 0 Å². The molecule has 2 N–H and O–H groups in total. The Balaban J connectivity index is 0.00000180. The fraction of sp³-hybridized carbons (Fsp3) is 0.167. The van der Waals surface area contributed by atoms with Crippen LogP contribution in [0.3, 0.4) is 0 Å². The lowest BCUT2D eigenvalue weighted by molar-refractivity contribution is 0.582. The van der Waals surface area contributed by atoms with E-state index in [1.807, 2.05) is 0 Å². The van der Waals surface area contributed by atoms with Crippen molar-refractivity contribution in [2.75, 3.05) is 6.54 Å². The van der Waals surface area contributed by atoms with Crippen molar-refractivity contribution in [3.8, 4) is 0 Å². The van der Waals surface area contributed by atoms with Gasteiger partial charge in [-0.05, 0) is 35.7 Å². The van der Waals surface area contributed by atoms with Crippen LogP contribution in [0.15, 0.2) is 46.7 Å². The average molecular weight is 322 g/mol. The van der Waals surface area contributed by atoms with Gasteiger partial charge >= 0.3 is 0 Å². The van der Waals surface area contributed by atoms with Gasteiger partial charge in [-0.3, -0.25) is 0 Å². The minimum Gasteiger partial charge on any atom is -0.329 e. The van der Waals surface area contributed by atoms with Crippen molar-refractivity contribution < 1.29 is 12.8 Å². The summed E-state index contributed by atoms with van der Waals surface area (Å²) < 4.78 is 37.6. The summed E-state index contributed by atoms with van der Waals surface area (Å²) in [7, 11) is -3.57. The van der Waals surface area contributed by atoms with Crippen LogP contribution in [0.5, 0.6) is 0 Å². The minimum absolute atomic E-state index is 0. The van der Waals surface area contributed by atoms with Gasteiger partial charge < -0.3 is 5.73 Å². The molecule has 0 amide bonds. The third kappa shape index (κ3) is 3.33. The van der Waals surface area contributed by atoms with Gasteiger partial charge in [0.1, 0.15) is 11.1 Å². The molecule has 1 aromatic carbocycles. The second kappa shape index (κ2) is 6.47. The summed E-state index contributed by atoms with van der Waals surface area (Å²) in [6.45, 7) is 0.000221. The summed E-state index contributed by atoms with van der Waals surface area (Å²) >= 11 is 1.35. The standard InChI is InChI=1S/C12H12FNO2S2.ClH/c13-9-3-5-10(6-4-9)18(15,16)12(8-14)11-2-1-7-17-11;/h1-7,12H,8,14H2;1H. The molecule has 1 unspecified atom stereocenters. The number of halogens is 2. The Hall–Kier alpha value is -0.950. The first-order valence-electron chi connectivity index (χ1n) is 5.28. The summed E-state index contributed by atoms with van der Waals surface area (Å²) in [6.07, 6.45) is 0. The lowest BCUT2D eigenvalue weighted by Gasteiger charge is -2.14. The molecular weight excluding hydrogens is 309 g/mol. The molecule has 0 bridgehead atoms. The Kier molecular flexibility index (Phi) is 5.49. The van der Waals surface area contributed by atoms with E-state index in [1.165, 1.54) is 23.5 Å². The quantitative estimate of drug-likeness (QED) is 0.881. The predicted molar refractivity (Wildman–Crippen MR) is 76.9 cm³/mol. The summed E-state index contributed by atoms with van der Waals surface area (Å²) in [5.74, 6) is -0.464. The first-order chi connectivity index (χ1) is 8.55. The predicted octanol–water partition coefficient (Wildman–Crippen LogP) is 2.78. The van der Waals surface area contributed by atoms with E-state index < -0.39 is 20.9 Å². The van der Waals surface area contributed by atoms with Gasteiger partial charge in [0.15, 0.2) is 9.84 Å². The van der Waals surface area contributed by atoms with Crippen molar-refractivity contribution in [2.45, 2.75) is 10.1 Å². The van der Waals surface area contributed by atoms with Crippen LogP contribution in [0.2, 0.25) is 0 Å². The summed E-state index contributed by atoms with van der Waals surface area (Å²) in [4.78, 5) is 0.787. The van der Waals surface area contributed by atoms with E-state index in [1.54, 1.807) is 17.5 Å². The van der Waals surface area contributed by atoms with E-state index in [4.69, 9.17) is 5.73 Å². The summed E-state index contributed by atoms with van der Waals surface area (Å²) in [6, 6.07) is 8.32. The highest BCUT2D eigenvalue weighted by Gasteiger charge is 2.28. The van der Waals surface area contributed by atoms with Crippen LogP contribution in [0.4, 0.5) is 4.39 Å². The topological polar surface area (TPSA) is 60.2 Å². The van der Waals surface area contributed by atoms with E-state index in [0.717, 1.165) is 12.1 Å². The molecular formula is C12H13ClFNO2S2. The normalized spacial score (nSPS) is 12.7. The van der Waals surface area contributed by atoms with Gasteiger partial charge in [0, 0.05) is 11.4 Å². The second-order valence-electron chi connectivity index (χ2n) is 3.74. The van der Waals surface area contributed by atoms with Crippen LogP contribution >= 0.6 is 23.7 Å².